The Balaban J connectivity index is 2.17. The van der Waals surface area contributed by atoms with Gasteiger partial charge in [-0.3, -0.25) is 9.97 Å². The average Bonchev–Trinajstić information content (AvgIpc) is 2.51. The fourth-order valence-corrected chi connectivity index (χ4v) is 1.91. The number of nitrogens with zero attached hydrogens (tertiary/aromatic N) is 4. The van der Waals surface area contributed by atoms with E-state index in [1.165, 1.54) is 0 Å². The standard InChI is InChI=1S/C14H12N6/c15-13-14(16)20-12(8-19-13)10-3-5-18-7-11(10)9-2-1-4-17-6-9/h1-8H,(H2,15,19)(H2,16,20). The van der Waals surface area contributed by atoms with Crippen molar-refractivity contribution in [3.05, 3.63) is 49.2 Å². The summed E-state index contributed by atoms with van der Waals surface area (Å²) in [5, 5.41) is 0. The van der Waals surface area contributed by atoms with Crippen LogP contribution in [0.3, 0.4) is 0 Å². The predicted molar refractivity (Wildman–Crippen MR) is 77.3 cm³/mol. The van der Waals surface area contributed by atoms with E-state index in [0.717, 1.165) is 16.7 Å². The van der Waals surface area contributed by atoms with E-state index >= 15 is 0 Å². The molecule has 0 radical (unpaired) electrons. The Bertz CT molecular complexity index is 742. The van der Waals surface area contributed by atoms with Crippen LogP contribution in [-0.2, 0) is 0 Å². The van der Waals surface area contributed by atoms with Gasteiger partial charge in [0.1, 0.15) is 0 Å². The van der Waals surface area contributed by atoms with E-state index in [0.29, 0.717) is 5.69 Å². The quantitative estimate of drug-likeness (QED) is 0.731. The van der Waals surface area contributed by atoms with Crippen molar-refractivity contribution in [3.63, 3.8) is 0 Å². The highest BCUT2D eigenvalue weighted by Gasteiger charge is 2.10. The first-order chi connectivity index (χ1) is 9.75. The lowest BCUT2D eigenvalue weighted by molar-refractivity contribution is 1.21. The van der Waals surface area contributed by atoms with Gasteiger partial charge in [0.25, 0.3) is 0 Å². The third kappa shape index (κ3) is 2.14. The normalized spacial score (nSPS) is 10.4. The van der Waals surface area contributed by atoms with Crippen LogP contribution in [0.25, 0.3) is 22.4 Å². The molecular weight excluding hydrogens is 252 g/mol. The fraction of sp³-hybridized carbons (Fsp3) is 0. The Hall–Kier alpha value is -3.02. The largest absolute Gasteiger partial charge is 0.381 e. The van der Waals surface area contributed by atoms with Gasteiger partial charge in [-0.25, -0.2) is 9.97 Å². The van der Waals surface area contributed by atoms with Crippen LogP contribution in [0.1, 0.15) is 0 Å². The van der Waals surface area contributed by atoms with Crippen LogP contribution >= 0.6 is 0 Å². The van der Waals surface area contributed by atoms with Crippen molar-refractivity contribution < 1.29 is 0 Å². The Morgan fingerprint density at radius 2 is 1.65 bits per heavy atom. The van der Waals surface area contributed by atoms with Crippen LogP contribution < -0.4 is 11.5 Å². The van der Waals surface area contributed by atoms with E-state index in [1.807, 2.05) is 18.2 Å². The Morgan fingerprint density at radius 1 is 0.800 bits per heavy atom. The Morgan fingerprint density at radius 3 is 2.40 bits per heavy atom. The molecule has 3 aromatic heterocycles. The minimum absolute atomic E-state index is 0.219. The maximum absolute atomic E-state index is 5.72. The van der Waals surface area contributed by atoms with Gasteiger partial charge in [0.15, 0.2) is 11.6 Å². The molecule has 0 saturated carbocycles. The molecule has 6 heteroatoms. The van der Waals surface area contributed by atoms with Crippen LogP contribution in [0.15, 0.2) is 49.2 Å². The van der Waals surface area contributed by atoms with Crippen molar-refractivity contribution in [2.24, 2.45) is 0 Å². The van der Waals surface area contributed by atoms with Crippen molar-refractivity contribution in [1.82, 2.24) is 19.9 Å². The first kappa shape index (κ1) is 12.0. The summed E-state index contributed by atoms with van der Waals surface area (Å²) in [4.78, 5) is 16.6. The van der Waals surface area contributed by atoms with Crippen LogP contribution in [0, 0.1) is 0 Å². The highest BCUT2D eigenvalue weighted by molar-refractivity contribution is 5.81. The molecule has 3 aromatic rings. The number of rotatable bonds is 2. The summed E-state index contributed by atoms with van der Waals surface area (Å²) in [6.07, 6.45) is 8.56. The number of anilines is 2. The molecule has 3 heterocycles. The molecule has 0 unspecified atom stereocenters. The van der Waals surface area contributed by atoms with Crippen molar-refractivity contribution >= 4 is 11.6 Å². The van der Waals surface area contributed by atoms with Gasteiger partial charge in [0.2, 0.25) is 0 Å². The number of nitrogen functional groups attached to an aromatic ring is 2. The van der Waals surface area contributed by atoms with Crippen molar-refractivity contribution in [1.29, 1.82) is 0 Å². The van der Waals surface area contributed by atoms with Gasteiger partial charge in [0, 0.05) is 41.5 Å². The summed E-state index contributed by atoms with van der Waals surface area (Å²) in [6, 6.07) is 5.69. The SMILES string of the molecule is Nc1ncc(-c2ccncc2-c2cccnc2)nc1N. The van der Waals surface area contributed by atoms with Crippen molar-refractivity contribution in [2.75, 3.05) is 11.5 Å². The molecule has 0 atom stereocenters. The van der Waals surface area contributed by atoms with E-state index in [4.69, 9.17) is 11.5 Å². The van der Waals surface area contributed by atoms with Gasteiger partial charge in [-0.2, -0.15) is 0 Å². The lowest BCUT2D eigenvalue weighted by Gasteiger charge is -2.09. The maximum atomic E-state index is 5.72. The monoisotopic (exact) mass is 264 g/mol. The molecule has 0 aliphatic heterocycles. The van der Waals surface area contributed by atoms with Gasteiger partial charge in [-0.05, 0) is 12.1 Å². The van der Waals surface area contributed by atoms with Gasteiger partial charge in [-0.15, -0.1) is 0 Å². The molecular formula is C14H12N6. The van der Waals surface area contributed by atoms with Crippen LogP contribution in [0.5, 0.6) is 0 Å². The molecule has 98 valence electrons. The maximum Gasteiger partial charge on any atom is 0.166 e. The Labute approximate surface area is 115 Å². The number of hydrogen-bond donors (Lipinski definition) is 2. The number of nitrogens with two attached hydrogens (primary N) is 2. The summed E-state index contributed by atoms with van der Waals surface area (Å²) in [6.45, 7) is 0. The lowest BCUT2D eigenvalue weighted by atomic mass is 10.0. The van der Waals surface area contributed by atoms with E-state index in [1.54, 1.807) is 31.0 Å². The van der Waals surface area contributed by atoms with Crippen LogP contribution in [0.4, 0.5) is 11.6 Å². The summed E-state index contributed by atoms with van der Waals surface area (Å²) < 4.78 is 0. The van der Waals surface area contributed by atoms with Crippen LogP contribution in [0.2, 0.25) is 0 Å². The average molecular weight is 264 g/mol. The van der Waals surface area contributed by atoms with Crippen LogP contribution in [-0.4, -0.2) is 19.9 Å². The summed E-state index contributed by atoms with van der Waals surface area (Å²) in [7, 11) is 0. The third-order valence-electron chi connectivity index (χ3n) is 2.90. The first-order valence-corrected chi connectivity index (χ1v) is 5.98. The molecule has 0 spiro atoms. The predicted octanol–water partition coefficient (Wildman–Crippen LogP) is 1.77. The third-order valence-corrected chi connectivity index (χ3v) is 2.90. The molecule has 4 N–H and O–H groups in total. The lowest BCUT2D eigenvalue weighted by Crippen LogP contribution is -2.02. The smallest absolute Gasteiger partial charge is 0.166 e. The molecule has 0 bridgehead atoms. The highest BCUT2D eigenvalue weighted by Crippen LogP contribution is 2.30. The van der Waals surface area contributed by atoms with E-state index in [9.17, 15) is 0 Å². The molecule has 0 aromatic carbocycles. The summed E-state index contributed by atoms with van der Waals surface area (Å²) >= 11 is 0. The second-order valence-electron chi connectivity index (χ2n) is 4.19. The highest BCUT2D eigenvalue weighted by atomic mass is 15.0. The molecule has 3 rings (SSSR count). The van der Waals surface area contributed by atoms with Crippen molar-refractivity contribution in [3.8, 4) is 22.4 Å². The van der Waals surface area contributed by atoms with Gasteiger partial charge < -0.3 is 11.5 Å². The molecule has 20 heavy (non-hydrogen) atoms. The second-order valence-corrected chi connectivity index (χ2v) is 4.19. The summed E-state index contributed by atoms with van der Waals surface area (Å²) in [5.41, 5.74) is 14.7. The number of pyridine rings is 2. The fourth-order valence-electron chi connectivity index (χ4n) is 1.91. The molecule has 0 aliphatic carbocycles. The first-order valence-electron chi connectivity index (χ1n) is 5.98. The molecule has 0 aliphatic rings. The van der Waals surface area contributed by atoms with Gasteiger partial charge in [-0.1, -0.05) is 6.07 Å². The minimum Gasteiger partial charge on any atom is -0.381 e. The molecule has 0 saturated heterocycles. The number of aromatic nitrogens is 4. The summed E-state index contributed by atoms with van der Waals surface area (Å²) in [5.74, 6) is 0.446. The molecule has 6 nitrogen and oxygen atoms in total. The Kier molecular flexibility index (Phi) is 2.96. The second kappa shape index (κ2) is 4.93. The zero-order valence-corrected chi connectivity index (χ0v) is 10.6. The van der Waals surface area contributed by atoms with Gasteiger partial charge >= 0.3 is 0 Å². The van der Waals surface area contributed by atoms with E-state index in [2.05, 4.69) is 19.9 Å². The molecule has 0 amide bonds. The topological polar surface area (TPSA) is 104 Å². The van der Waals surface area contributed by atoms with Crippen molar-refractivity contribution in [2.45, 2.75) is 0 Å². The van der Waals surface area contributed by atoms with E-state index in [-0.39, 0.29) is 11.6 Å². The zero-order chi connectivity index (χ0) is 13.9. The van der Waals surface area contributed by atoms with E-state index < -0.39 is 0 Å². The van der Waals surface area contributed by atoms with Gasteiger partial charge in [0.05, 0.1) is 11.9 Å². The molecule has 0 fully saturated rings. The minimum atomic E-state index is 0.219. The number of hydrogen-bond acceptors (Lipinski definition) is 6. The zero-order valence-electron chi connectivity index (χ0n) is 10.6.